The smallest absolute Gasteiger partial charge is 0.182 e. The van der Waals surface area contributed by atoms with Crippen molar-refractivity contribution in [2.45, 2.75) is 0 Å². The molecule has 0 saturated heterocycles. The molecule has 0 fully saturated rings. The minimum absolute atomic E-state index is 0.793. The van der Waals surface area contributed by atoms with Gasteiger partial charge in [0.15, 0.2) is 6.26 Å². The van der Waals surface area contributed by atoms with Crippen LogP contribution in [0.15, 0.2) is 63.4 Å². The maximum Gasteiger partial charge on any atom is 0.182 e. The fourth-order valence-corrected chi connectivity index (χ4v) is 2.21. The van der Waals surface area contributed by atoms with Crippen LogP contribution in [0.4, 0.5) is 0 Å². The number of fused-ring (bicyclic) bond motifs is 2. The molecule has 2 heterocycles. The van der Waals surface area contributed by atoms with Crippen LogP contribution in [-0.2, 0) is 0 Å². The van der Waals surface area contributed by atoms with E-state index in [9.17, 15) is 0 Å². The van der Waals surface area contributed by atoms with Crippen LogP contribution in [0.3, 0.4) is 0 Å². The first-order chi connectivity index (χ1) is 8.92. The summed E-state index contributed by atoms with van der Waals surface area (Å²) >= 11 is 0. The molecule has 2 heteroatoms. The minimum Gasteiger partial charge on any atom is -0.456 e. The lowest BCUT2D eigenvalue weighted by atomic mass is 10.1. The average Bonchev–Trinajstić information content (AvgIpc) is 3.02. The van der Waals surface area contributed by atoms with Gasteiger partial charge in [0.05, 0.1) is 5.56 Å². The van der Waals surface area contributed by atoms with Crippen LogP contribution in [0.1, 0.15) is 0 Å². The first-order valence-electron chi connectivity index (χ1n) is 5.80. The van der Waals surface area contributed by atoms with Crippen molar-refractivity contribution in [1.82, 2.24) is 0 Å². The van der Waals surface area contributed by atoms with Gasteiger partial charge in [-0.1, -0.05) is 36.4 Å². The molecular formula is C16H9O2. The van der Waals surface area contributed by atoms with Crippen molar-refractivity contribution in [1.29, 1.82) is 0 Å². The number of rotatable bonds is 1. The summed E-state index contributed by atoms with van der Waals surface area (Å²) < 4.78 is 11.2. The van der Waals surface area contributed by atoms with E-state index >= 15 is 0 Å². The molecule has 0 bridgehead atoms. The molecule has 2 nitrogen and oxygen atoms in total. The van der Waals surface area contributed by atoms with E-state index in [1.807, 2.05) is 54.6 Å². The van der Waals surface area contributed by atoms with Crippen molar-refractivity contribution in [3.8, 4) is 11.3 Å². The number of hydrogen-bond donors (Lipinski definition) is 0. The molecule has 18 heavy (non-hydrogen) atoms. The van der Waals surface area contributed by atoms with Gasteiger partial charge in [0, 0.05) is 10.8 Å². The monoisotopic (exact) mass is 233 g/mol. The van der Waals surface area contributed by atoms with Gasteiger partial charge in [-0.3, -0.25) is 0 Å². The van der Waals surface area contributed by atoms with Crippen LogP contribution in [0.5, 0.6) is 0 Å². The second kappa shape index (κ2) is 3.50. The number of furan rings is 2. The summed E-state index contributed by atoms with van der Waals surface area (Å²) in [5.41, 5.74) is 2.58. The molecule has 0 unspecified atom stereocenters. The SMILES string of the molecule is [c]1oc2ccccc2c1-c1cc2ccccc2o1. The Bertz CT molecular complexity index is 803. The lowest BCUT2D eigenvalue weighted by Crippen LogP contribution is -1.69. The van der Waals surface area contributed by atoms with Crippen LogP contribution in [0.25, 0.3) is 33.3 Å². The van der Waals surface area contributed by atoms with Crippen LogP contribution in [0, 0.1) is 6.26 Å². The molecule has 2 aromatic carbocycles. The van der Waals surface area contributed by atoms with Crippen molar-refractivity contribution < 1.29 is 8.83 Å². The Hall–Kier alpha value is -2.48. The lowest BCUT2D eigenvalue weighted by molar-refractivity contribution is 0.598. The first-order valence-corrected chi connectivity index (χ1v) is 5.80. The standard InChI is InChI=1S/C16H9O2/c1-3-7-14-11(5-1)9-16(18-14)13-10-17-15-8-4-2-6-12(13)15/h1-9H. The van der Waals surface area contributed by atoms with Crippen LogP contribution < -0.4 is 0 Å². The Morgan fingerprint density at radius 1 is 0.833 bits per heavy atom. The van der Waals surface area contributed by atoms with Gasteiger partial charge in [0.1, 0.15) is 16.9 Å². The van der Waals surface area contributed by atoms with Crippen molar-refractivity contribution >= 4 is 21.9 Å². The molecule has 0 aliphatic heterocycles. The first kappa shape index (κ1) is 9.54. The molecule has 0 saturated carbocycles. The highest BCUT2D eigenvalue weighted by atomic mass is 16.3. The number of benzene rings is 2. The summed E-state index contributed by atoms with van der Waals surface area (Å²) in [6.07, 6.45) is 2.92. The van der Waals surface area contributed by atoms with E-state index in [4.69, 9.17) is 8.83 Å². The predicted octanol–water partition coefficient (Wildman–Crippen LogP) is 4.65. The van der Waals surface area contributed by atoms with Gasteiger partial charge in [0.25, 0.3) is 0 Å². The summed E-state index contributed by atoms with van der Waals surface area (Å²) in [6, 6.07) is 17.8. The Balaban J connectivity index is 2.01. The zero-order valence-electron chi connectivity index (χ0n) is 9.51. The molecule has 0 atom stereocenters. The summed E-state index contributed by atoms with van der Waals surface area (Å²) in [7, 11) is 0. The molecule has 0 amide bonds. The third-order valence-electron chi connectivity index (χ3n) is 3.09. The highest BCUT2D eigenvalue weighted by molar-refractivity contribution is 5.94. The van der Waals surface area contributed by atoms with Gasteiger partial charge >= 0.3 is 0 Å². The Morgan fingerprint density at radius 3 is 2.50 bits per heavy atom. The molecule has 2 aromatic heterocycles. The Morgan fingerprint density at radius 2 is 1.61 bits per heavy atom. The fourth-order valence-electron chi connectivity index (χ4n) is 2.21. The molecule has 85 valence electrons. The third-order valence-corrected chi connectivity index (χ3v) is 3.09. The summed E-state index contributed by atoms with van der Waals surface area (Å²) in [6.45, 7) is 0. The normalized spacial score (nSPS) is 11.3. The van der Waals surface area contributed by atoms with Crippen LogP contribution >= 0.6 is 0 Å². The third kappa shape index (κ3) is 1.29. The molecule has 0 aliphatic carbocycles. The lowest BCUT2D eigenvalue weighted by Gasteiger charge is -1.91. The van der Waals surface area contributed by atoms with Crippen molar-refractivity contribution in [3.63, 3.8) is 0 Å². The van der Waals surface area contributed by atoms with Crippen molar-refractivity contribution in [2.24, 2.45) is 0 Å². The largest absolute Gasteiger partial charge is 0.456 e. The highest BCUT2D eigenvalue weighted by Crippen LogP contribution is 2.33. The highest BCUT2D eigenvalue weighted by Gasteiger charge is 2.12. The summed E-state index contributed by atoms with van der Waals surface area (Å²) in [4.78, 5) is 0. The fraction of sp³-hybridized carbons (Fsp3) is 0. The van der Waals surface area contributed by atoms with Crippen LogP contribution in [-0.4, -0.2) is 0 Å². The van der Waals surface area contributed by atoms with Gasteiger partial charge in [0.2, 0.25) is 0 Å². The Labute approximate surface area is 103 Å². The van der Waals surface area contributed by atoms with E-state index in [1.54, 1.807) is 0 Å². The summed E-state index contributed by atoms with van der Waals surface area (Å²) in [5, 5.41) is 2.11. The zero-order valence-corrected chi connectivity index (χ0v) is 9.51. The molecule has 4 rings (SSSR count). The number of hydrogen-bond acceptors (Lipinski definition) is 2. The predicted molar refractivity (Wildman–Crippen MR) is 70.3 cm³/mol. The molecule has 1 radical (unpaired) electrons. The van der Waals surface area contributed by atoms with Gasteiger partial charge in [-0.25, -0.2) is 0 Å². The van der Waals surface area contributed by atoms with Gasteiger partial charge in [-0.15, -0.1) is 0 Å². The molecule has 0 spiro atoms. The van der Waals surface area contributed by atoms with Gasteiger partial charge < -0.3 is 8.83 Å². The van der Waals surface area contributed by atoms with E-state index in [-0.39, 0.29) is 0 Å². The van der Waals surface area contributed by atoms with Crippen molar-refractivity contribution in [3.05, 3.63) is 60.9 Å². The second-order valence-electron chi connectivity index (χ2n) is 4.22. The molecular weight excluding hydrogens is 224 g/mol. The second-order valence-corrected chi connectivity index (χ2v) is 4.22. The van der Waals surface area contributed by atoms with E-state index in [2.05, 4.69) is 6.26 Å². The minimum atomic E-state index is 0.793. The molecule has 0 aliphatic rings. The van der Waals surface area contributed by atoms with Gasteiger partial charge in [-0.05, 0) is 18.2 Å². The number of para-hydroxylation sites is 2. The quantitative estimate of drug-likeness (QED) is 0.478. The molecule has 4 aromatic rings. The molecule has 0 N–H and O–H groups in total. The maximum absolute atomic E-state index is 5.83. The topological polar surface area (TPSA) is 26.3 Å². The average molecular weight is 233 g/mol. The van der Waals surface area contributed by atoms with Crippen molar-refractivity contribution in [2.75, 3.05) is 0 Å². The Kier molecular flexibility index (Phi) is 1.86. The van der Waals surface area contributed by atoms with E-state index < -0.39 is 0 Å². The van der Waals surface area contributed by atoms with E-state index in [0.717, 1.165) is 33.3 Å². The van der Waals surface area contributed by atoms with Gasteiger partial charge in [-0.2, -0.15) is 0 Å². The van der Waals surface area contributed by atoms with E-state index in [0.29, 0.717) is 0 Å². The summed E-state index contributed by atoms with van der Waals surface area (Å²) in [5.74, 6) is 0.793. The van der Waals surface area contributed by atoms with Crippen LogP contribution in [0.2, 0.25) is 0 Å². The van der Waals surface area contributed by atoms with E-state index in [1.165, 1.54) is 0 Å². The maximum atomic E-state index is 5.83. The zero-order chi connectivity index (χ0) is 11.9.